The molecule has 1 amide bonds. The molecule has 0 aliphatic heterocycles. The quantitative estimate of drug-likeness (QED) is 0.825. The molecule has 0 radical (unpaired) electrons. The van der Waals surface area contributed by atoms with Crippen LogP contribution in [0, 0.1) is 12.8 Å². The zero-order valence-electron chi connectivity index (χ0n) is 12.9. The van der Waals surface area contributed by atoms with Gasteiger partial charge in [0.2, 0.25) is 5.91 Å². The minimum Gasteiger partial charge on any atom is -0.347 e. The number of rotatable bonds is 7. The van der Waals surface area contributed by atoms with E-state index in [2.05, 4.69) is 20.5 Å². The van der Waals surface area contributed by atoms with E-state index >= 15 is 0 Å². The van der Waals surface area contributed by atoms with Crippen LogP contribution in [0.25, 0.3) is 0 Å². The number of aromatic amines is 1. The smallest absolute Gasteiger partial charge is 0.220 e. The number of carbonyl (C=O) groups excluding carboxylic acids is 1. The van der Waals surface area contributed by atoms with Crippen molar-refractivity contribution in [3.05, 3.63) is 47.5 Å². The monoisotopic (exact) mass is 298 g/mol. The van der Waals surface area contributed by atoms with Crippen molar-refractivity contribution in [2.24, 2.45) is 5.92 Å². The van der Waals surface area contributed by atoms with Gasteiger partial charge in [-0.15, -0.1) is 0 Å². The minimum atomic E-state index is 0.0707. The Hall–Kier alpha value is -2.17. The van der Waals surface area contributed by atoms with Gasteiger partial charge < -0.3 is 5.32 Å². The fourth-order valence-electron chi connectivity index (χ4n) is 2.71. The molecule has 1 aliphatic rings. The first-order valence-corrected chi connectivity index (χ1v) is 7.93. The van der Waals surface area contributed by atoms with E-state index in [1.807, 2.05) is 37.5 Å². The SMILES string of the molecule is Cc1cccc(C(NC(=O)CCCc2cn[nH]c2)C2CC2)n1. The minimum absolute atomic E-state index is 0.0707. The Kier molecular flexibility index (Phi) is 4.51. The second-order valence-electron chi connectivity index (χ2n) is 6.05. The number of nitrogens with one attached hydrogen (secondary N) is 2. The van der Waals surface area contributed by atoms with Crippen LogP contribution in [-0.4, -0.2) is 21.1 Å². The second-order valence-corrected chi connectivity index (χ2v) is 6.05. The van der Waals surface area contributed by atoms with E-state index in [1.165, 1.54) is 12.8 Å². The number of aryl methyl sites for hydroxylation is 2. The summed E-state index contributed by atoms with van der Waals surface area (Å²) in [5.41, 5.74) is 3.13. The van der Waals surface area contributed by atoms with Crippen LogP contribution in [0.15, 0.2) is 30.6 Å². The number of nitrogens with zero attached hydrogens (tertiary/aromatic N) is 2. The fourth-order valence-corrected chi connectivity index (χ4v) is 2.71. The molecule has 0 aromatic carbocycles. The molecular weight excluding hydrogens is 276 g/mol. The number of carbonyl (C=O) groups is 1. The lowest BCUT2D eigenvalue weighted by molar-refractivity contribution is -0.122. The molecule has 1 unspecified atom stereocenters. The van der Waals surface area contributed by atoms with Gasteiger partial charge in [0, 0.05) is 18.3 Å². The zero-order chi connectivity index (χ0) is 15.4. The maximum absolute atomic E-state index is 12.2. The van der Waals surface area contributed by atoms with Gasteiger partial charge in [-0.05, 0) is 56.2 Å². The molecule has 0 saturated heterocycles. The first kappa shape index (κ1) is 14.8. The second kappa shape index (κ2) is 6.73. The van der Waals surface area contributed by atoms with Crippen LogP contribution in [0.2, 0.25) is 0 Å². The van der Waals surface area contributed by atoms with Crippen molar-refractivity contribution in [2.75, 3.05) is 0 Å². The van der Waals surface area contributed by atoms with Gasteiger partial charge in [0.1, 0.15) is 0 Å². The van der Waals surface area contributed by atoms with Gasteiger partial charge in [0.15, 0.2) is 0 Å². The first-order valence-electron chi connectivity index (χ1n) is 7.93. The first-order chi connectivity index (χ1) is 10.7. The van der Waals surface area contributed by atoms with Crippen molar-refractivity contribution in [1.82, 2.24) is 20.5 Å². The van der Waals surface area contributed by atoms with Crippen LogP contribution in [-0.2, 0) is 11.2 Å². The van der Waals surface area contributed by atoms with Crippen LogP contribution in [0.4, 0.5) is 0 Å². The Bertz CT molecular complexity index is 619. The topological polar surface area (TPSA) is 70.7 Å². The van der Waals surface area contributed by atoms with Crippen LogP contribution in [0.3, 0.4) is 0 Å². The number of aromatic nitrogens is 3. The lowest BCUT2D eigenvalue weighted by Gasteiger charge is -2.18. The highest BCUT2D eigenvalue weighted by molar-refractivity contribution is 5.76. The van der Waals surface area contributed by atoms with E-state index in [0.717, 1.165) is 29.8 Å². The Labute approximate surface area is 130 Å². The molecule has 22 heavy (non-hydrogen) atoms. The average molecular weight is 298 g/mol. The predicted molar refractivity (Wildman–Crippen MR) is 84.1 cm³/mol. The third kappa shape index (κ3) is 3.93. The van der Waals surface area contributed by atoms with Crippen molar-refractivity contribution in [1.29, 1.82) is 0 Å². The number of pyridine rings is 1. The molecule has 2 N–H and O–H groups in total. The summed E-state index contributed by atoms with van der Waals surface area (Å²) in [6, 6.07) is 6.08. The van der Waals surface area contributed by atoms with Crippen molar-refractivity contribution >= 4 is 5.91 Å². The largest absolute Gasteiger partial charge is 0.347 e. The summed E-state index contributed by atoms with van der Waals surface area (Å²) in [6.07, 6.45) is 8.29. The van der Waals surface area contributed by atoms with Crippen LogP contribution in [0.1, 0.15) is 48.7 Å². The standard InChI is InChI=1S/C17H22N4O/c1-12-4-2-6-15(20-12)17(14-8-9-14)21-16(22)7-3-5-13-10-18-19-11-13/h2,4,6,10-11,14,17H,3,5,7-9H2,1H3,(H,18,19)(H,21,22). The van der Waals surface area contributed by atoms with Crippen molar-refractivity contribution in [2.45, 2.75) is 45.1 Å². The van der Waals surface area contributed by atoms with E-state index in [4.69, 9.17) is 0 Å². The van der Waals surface area contributed by atoms with E-state index in [-0.39, 0.29) is 11.9 Å². The maximum Gasteiger partial charge on any atom is 0.220 e. The Balaban J connectivity index is 1.53. The van der Waals surface area contributed by atoms with Gasteiger partial charge in [0.05, 0.1) is 17.9 Å². The average Bonchev–Trinajstić information content (AvgIpc) is 3.21. The highest BCUT2D eigenvalue weighted by atomic mass is 16.1. The Morgan fingerprint density at radius 2 is 2.32 bits per heavy atom. The van der Waals surface area contributed by atoms with E-state index < -0.39 is 0 Å². The van der Waals surface area contributed by atoms with Crippen molar-refractivity contribution in [3.8, 4) is 0 Å². The number of hydrogen-bond donors (Lipinski definition) is 2. The summed E-state index contributed by atoms with van der Waals surface area (Å²) in [7, 11) is 0. The van der Waals surface area contributed by atoms with Gasteiger partial charge in [-0.2, -0.15) is 5.10 Å². The molecule has 5 heteroatoms. The molecule has 5 nitrogen and oxygen atoms in total. The molecular formula is C17H22N4O. The molecule has 1 fully saturated rings. The Morgan fingerprint density at radius 1 is 1.45 bits per heavy atom. The van der Waals surface area contributed by atoms with E-state index in [0.29, 0.717) is 12.3 Å². The van der Waals surface area contributed by atoms with Crippen molar-refractivity contribution in [3.63, 3.8) is 0 Å². The normalized spacial score (nSPS) is 15.5. The predicted octanol–water partition coefficient (Wildman–Crippen LogP) is 2.70. The molecule has 1 saturated carbocycles. The molecule has 1 aliphatic carbocycles. The number of amides is 1. The summed E-state index contributed by atoms with van der Waals surface area (Å²) in [6.45, 7) is 1.99. The third-order valence-corrected chi connectivity index (χ3v) is 4.06. The molecule has 116 valence electrons. The number of H-pyrrole nitrogens is 1. The van der Waals surface area contributed by atoms with E-state index in [1.54, 1.807) is 0 Å². The number of hydrogen-bond acceptors (Lipinski definition) is 3. The third-order valence-electron chi connectivity index (χ3n) is 4.06. The van der Waals surface area contributed by atoms with Gasteiger partial charge in [-0.1, -0.05) is 6.07 Å². The summed E-state index contributed by atoms with van der Waals surface area (Å²) >= 11 is 0. The van der Waals surface area contributed by atoms with Crippen LogP contribution >= 0.6 is 0 Å². The van der Waals surface area contributed by atoms with Crippen LogP contribution < -0.4 is 5.32 Å². The molecule has 3 rings (SSSR count). The van der Waals surface area contributed by atoms with Gasteiger partial charge in [0.25, 0.3) is 0 Å². The fraction of sp³-hybridized carbons (Fsp3) is 0.471. The molecule has 2 aromatic heterocycles. The highest BCUT2D eigenvalue weighted by Gasteiger charge is 2.34. The molecule has 0 bridgehead atoms. The molecule has 2 aromatic rings. The highest BCUT2D eigenvalue weighted by Crippen LogP contribution is 2.40. The Morgan fingerprint density at radius 3 is 3.00 bits per heavy atom. The summed E-state index contributed by atoms with van der Waals surface area (Å²) in [5, 5.41) is 9.88. The summed E-state index contributed by atoms with van der Waals surface area (Å²) < 4.78 is 0. The van der Waals surface area contributed by atoms with Crippen LogP contribution in [0.5, 0.6) is 0 Å². The molecule has 0 spiro atoms. The molecule has 2 heterocycles. The summed E-state index contributed by atoms with van der Waals surface area (Å²) in [4.78, 5) is 16.8. The lowest BCUT2D eigenvalue weighted by Crippen LogP contribution is -2.30. The van der Waals surface area contributed by atoms with Gasteiger partial charge in [-0.3, -0.25) is 14.9 Å². The van der Waals surface area contributed by atoms with Gasteiger partial charge >= 0.3 is 0 Å². The van der Waals surface area contributed by atoms with Gasteiger partial charge in [-0.25, -0.2) is 0 Å². The summed E-state index contributed by atoms with van der Waals surface area (Å²) in [5.74, 6) is 0.663. The van der Waals surface area contributed by atoms with Crippen molar-refractivity contribution < 1.29 is 4.79 Å². The molecule has 1 atom stereocenters. The van der Waals surface area contributed by atoms with E-state index in [9.17, 15) is 4.79 Å². The maximum atomic E-state index is 12.2. The zero-order valence-corrected chi connectivity index (χ0v) is 12.9. The lowest BCUT2D eigenvalue weighted by atomic mass is 10.1.